The fourth-order valence-corrected chi connectivity index (χ4v) is 2.70. The highest BCUT2D eigenvalue weighted by Gasteiger charge is 2.12. The van der Waals surface area contributed by atoms with Gasteiger partial charge < -0.3 is 19.9 Å². The van der Waals surface area contributed by atoms with E-state index in [2.05, 4.69) is 42.0 Å². The van der Waals surface area contributed by atoms with Crippen molar-refractivity contribution in [3.63, 3.8) is 0 Å². The van der Waals surface area contributed by atoms with Crippen LogP contribution in [0.4, 0.5) is 4.79 Å². The van der Waals surface area contributed by atoms with E-state index in [9.17, 15) is 9.59 Å². The molecule has 0 aliphatic rings. The Bertz CT molecular complexity index is 923. The number of nitrogens with one attached hydrogen (secondary N) is 2. The van der Waals surface area contributed by atoms with Gasteiger partial charge in [-0.25, -0.2) is 14.8 Å². The molecule has 3 rings (SSSR count). The predicted octanol–water partition coefficient (Wildman–Crippen LogP) is 1.49. The number of nitrogens with zero attached hydrogens (tertiary/aromatic N) is 3. The lowest BCUT2D eigenvalue weighted by molar-refractivity contribution is -0.139. The maximum absolute atomic E-state index is 11.7. The minimum absolute atomic E-state index is 0.168. The highest BCUT2D eigenvalue weighted by molar-refractivity contribution is 5.80. The minimum atomic E-state index is -0.499. The Kier molecular flexibility index (Phi) is 5.98. The standard InChI is InChI=1S/C19H21N5O3/c1-27-17(25)12-22-19(26)21-11-9-16-23-15-8-5-10-20-18(15)24(16)13-14-6-3-2-4-7-14/h2-8,10H,9,11-13H2,1H3,(H2,21,22,26). The molecule has 27 heavy (non-hydrogen) atoms. The van der Waals surface area contributed by atoms with Crippen molar-refractivity contribution in [2.75, 3.05) is 20.2 Å². The second kappa shape index (κ2) is 8.79. The number of rotatable bonds is 7. The summed E-state index contributed by atoms with van der Waals surface area (Å²) in [6, 6.07) is 13.4. The number of methoxy groups -OCH3 is 1. The van der Waals surface area contributed by atoms with Gasteiger partial charge >= 0.3 is 12.0 Å². The highest BCUT2D eigenvalue weighted by Crippen LogP contribution is 2.16. The number of carbonyl (C=O) groups is 2. The summed E-state index contributed by atoms with van der Waals surface area (Å²) in [5, 5.41) is 5.15. The molecule has 0 bridgehead atoms. The molecule has 0 fully saturated rings. The van der Waals surface area contributed by atoms with E-state index in [0.717, 1.165) is 22.6 Å². The van der Waals surface area contributed by atoms with E-state index in [-0.39, 0.29) is 6.54 Å². The quantitative estimate of drug-likeness (QED) is 0.617. The monoisotopic (exact) mass is 367 g/mol. The van der Waals surface area contributed by atoms with Crippen LogP contribution in [0.15, 0.2) is 48.7 Å². The van der Waals surface area contributed by atoms with Crippen molar-refractivity contribution in [3.8, 4) is 0 Å². The topological polar surface area (TPSA) is 98.1 Å². The van der Waals surface area contributed by atoms with Crippen LogP contribution in [-0.2, 0) is 22.5 Å². The number of hydrogen-bond donors (Lipinski definition) is 2. The third kappa shape index (κ3) is 4.81. The first-order chi connectivity index (χ1) is 13.2. The average Bonchev–Trinajstić information content (AvgIpc) is 3.04. The summed E-state index contributed by atoms with van der Waals surface area (Å²) < 4.78 is 6.53. The van der Waals surface area contributed by atoms with Gasteiger partial charge in [0.2, 0.25) is 0 Å². The molecule has 2 heterocycles. The first-order valence-corrected chi connectivity index (χ1v) is 8.60. The molecule has 3 aromatic rings. The summed E-state index contributed by atoms with van der Waals surface area (Å²) in [6.07, 6.45) is 2.28. The normalized spacial score (nSPS) is 10.6. The first-order valence-electron chi connectivity index (χ1n) is 8.60. The Morgan fingerprint density at radius 2 is 1.93 bits per heavy atom. The molecule has 0 atom stereocenters. The van der Waals surface area contributed by atoms with Gasteiger partial charge in [0, 0.05) is 19.2 Å². The third-order valence-corrected chi connectivity index (χ3v) is 4.02. The average molecular weight is 367 g/mol. The number of fused-ring (bicyclic) bond motifs is 1. The van der Waals surface area contributed by atoms with E-state index >= 15 is 0 Å². The molecule has 2 aromatic heterocycles. The van der Waals surface area contributed by atoms with E-state index in [0.29, 0.717) is 19.5 Å². The molecule has 0 unspecified atom stereocenters. The van der Waals surface area contributed by atoms with Crippen LogP contribution in [0, 0.1) is 0 Å². The zero-order chi connectivity index (χ0) is 19.1. The lowest BCUT2D eigenvalue weighted by atomic mass is 10.2. The van der Waals surface area contributed by atoms with Gasteiger partial charge in [0.15, 0.2) is 5.65 Å². The molecule has 1 aromatic carbocycles. The van der Waals surface area contributed by atoms with Crippen LogP contribution in [0.5, 0.6) is 0 Å². The van der Waals surface area contributed by atoms with Crippen molar-refractivity contribution in [1.29, 1.82) is 0 Å². The minimum Gasteiger partial charge on any atom is -0.468 e. The number of urea groups is 1. The molecular weight excluding hydrogens is 346 g/mol. The number of ether oxygens (including phenoxy) is 1. The summed E-state index contributed by atoms with van der Waals surface area (Å²) in [6.45, 7) is 0.863. The Morgan fingerprint density at radius 3 is 2.70 bits per heavy atom. The van der Waals surface area contributed by atoms with Gasteiger partial charge in [0.1, 0.15) is 17.9 Å². The Labute approximate surface area is 156 Å². The summed E-state index contributed by atoms with van der Waals surface area (Å²) in [4.78, 5) is 31.9. The number of pyridine rings is 1. The van der Waals surface area contributed by atoms with Crippen LogP contribution in [0.25, 0.3) is 11.2 Å². The van der Waals surface area contributed by atoms with Gasteiger partial charge in [-0.3, -0.25) is 4.79 Å². The number of carbonyl (C=O) groups excluding carboxylic acids is 2. The lowest BCUT2D eigenvalue weighted by Gasteiger charge is -2.10. The predicted molar refractivity (Wildman–Crippen MR) is 100 cm³/mol. The molecule has 0 saturated heterocycles. The van der Waals surface area contributed by atoms with Crippen molar-refractivity contribution >= 4 is 23.2 Å². The summed E-state index contributed by atoms with van der Waals surface area (Å²) in [7, 11) is 1.27. The Morgan fingerprint density at radius 1 is 1.11 bits per heavy atom. The number of benzene rings is 1. The Balaban J connectivity index is 1.68. The maximum Gasteiger partial charge on any atom is 0.325 e. The molecule has 0 radical (unpaired) electrons. The second-order valence-corrected chi connectivity index (χ2v) is 5.88. The molecular formula is C19H21N5O3. The van der Waals surface area contributed by atoms with E-state index in [1.807, 2.05) is 30.3 Å². The largest absolute Gasteiger partial charge is 0.468 e. The van der Waals surface area contributed by atoms with E-state index in [1.165, 1.54) is 7.11 Å². The van der Waals surface area contributed by atoms with Crippen LogP contribution in [0.2, 0.25) is 0 Å². The van der Waals surface area contributed by atoms with Crippen molar-refractivity contribution in [1.82, 2.24) is 25.2 Å². The molecule has 0 aliphatic carbocycles. The van der Waals surface area contributed by atoms with Gasteiger partial charge in [0.25, 0.3) is 0 Å². The van der Waals surface area contributed by atoms with Crippen LogP contribution in [0.3, 0.4) is 0 Å². The van der Waals surface area contributed by atoms with Crippen molar-refractivity contribution in [3.05, 3.63) is 60.0 Å². The molecule has 8 nitrogen and oxygen atoms in total. The van der Waals surface area contributed by atoms with Gasteiger partial charge in [0.05, 0.1) is 13.7 Å². The van der Waals surface area contributed by atoms with Crippen molar-refractivity contribution in [2.45, 2.75) is 13.0 Å². The highest BCUT2D eigenvalue weighted by atomic mass is 16.5. The van der Waals surface area contributed by atoms with Crippen LogP contribution >= 0.6 is 0 Å². The Hall–Kier alpha value is -3.42. The number of aromatic nitrogens is 3. The molecule has 2 amide bonds. The van der Waals surface area contributed by atoms with Crippen LogP contribution < -0.4 is 10.6 Å². The molecule has 0 spiro atoms. The van der Waals surface area contributed by atoms with E-state index in [1.54, 1.807) is 6.20 Å². The summed E-state index contributed by atoms with van der Waals surface area (Å²) >= 11 is 0. The first kappa shape index (κ1) is 18.4. The van der Waals surface area contributed by atoms with Gasteiger partial charge in [-0.15, -0.1) is 0 Å². The number of imidazole rings is 1. The van der Waals surface area contributed by atoms with Crippen molar-refractivity contribution in [2.24, 2.45) is 0 Å². The summed E-state index contributed by atoms with van der Waals surface area (Å²) in [5.41, 5.74) is 2.78. The number of esters is 1. The molecule has 2 N–H and O–H groups in total. The van der Waals surface area contributed by atoms with Gasteiger partial charge in [-0.05, 0) is 17.7 Å². The fraction of sp³-hybridized carbons (Fsp3) is 0.263. The molecule has 8 heteroatoms. The van der Waals surface area contributed by atoms with Gasteiger partial charge in [-0.1, -0.05) is 30.3 Å². The molecule has 0 saturated carbocycles. The zero-order valence-corrected chi connectivity index (χ0v) is 15.0. The van der Waals surface area contributed by atoms with Gasteiger partial charge in [-0.2, -0.15) is 0 Å². The SMILES string of the molecule is COC(=O)CNC(=O)NCCc1nc2cccnc2n1Cc1ccccc1. The zero-order valence-electron chi connectivity index (χ0n) is 15.0. The van der Waals surface area contributed by atoms with Crippen molar-refractivity contribution < 1.29 is 14.3 Å². The second-order valence-electron chi connectivity index (χ2n) is 5.88. The number of hydrogen-bond acceptors (Lipinski definition) is 5. The van der Waals surface area contributed by atoms with E-state index < -0.39 is 12.0 Å². The molecule has 140 valence electrons. The van der Waals surface area contributed by atoms with E-state index in [4.69, 9.17) is 0 Å². The summed E-state index contributed by atoms with van der Waals surface area (Å²) in [5.74, 6) is 0.335. The fourth-order valence-electron chi connectivity index (χ4n) is 2.70. The van der Waals surface area contributed by atoms with Crippen LogP contribution in [0.1, 0.15) is 11.4 Å². The smallest absolute Gasteiger partial charge is 0.325 e. The lowest BCUT2D eigenvalue weighted by Crippen LogP contribution is -2.39. The maximum atomic E-state index is 11.7. The van der Waals surface area contributed by atoms with Crippen LogP contribution in [-0.4, -0.2) is 46.7 Å². The third-order valence-electron chi connectivity index (χ3n) is 4.02. The molecule has 0 aliphatic heterocycles. The number of amides is 2.